The van der Waals surface area contributed by atoms with E-state index in [2.05, 4.69) is 4.98 Å². The Kier molecular flexibility index (Phi) is 2.93. The highest BCUT2D eigenvalue weighted by atomic mass is 35.5. The van der Waals surface area contributed by atoms with Crippen LogP contribution >= 0.6 is 11.6 Å². The lowest BCUT2D eigenvalue weighted by atomic mass is 10.1. The maximum absolute atomic E-state index is 10.6. The van der Waals surface area contributed by atoms with Crippen LogP contribution in [-0.2, 0) is 18.3 Å². The van der Waals surface area contributed by atoms with E-state index in [0.717, 1.165) is 5.69 Å². The minimum absolute atomic E-state index is 0.385. The molecule has 0 radical (unpaired) electrons. The molecular formula is C8H11ClN2O2. The third-order valence-electron chi connectivity index (χ3n) is 1.93. The monoisotopic (exact) mass is 202 g/mol. The van der Waals surface area contributed by atoms with Gasteiger partial charge in [0.15, 0.2) is 0 Å². The van der Waals surface area contributed by atoms with Crippen LogP contribution in [0.4, 0.5) is 0 Å². The van der Waals surface area contributed by atoms with Crippen LogP contribution in [0.5, 0.6) is 0 Å². The maximum Gasteiger partial charge on any atom is 0.306 e. The average molecular weight is 203 g/mol. The molecule has 1 heterocycles. The van der Waals surface area contributed by atoms with Gasteiger partial charge in [-0.3, -0.25) is 4.79 Å². The van der Waals surface area contributed by atoms with Crippen molar-refractivity contribution in [2.75, 3.05) is 0 Å². The summed E-state index contributed by atoms with van der Waals surface area (Å²) in [5.74, 6) is -1.26. The van der Waals surface area contributed by atoms with Gasteiger partial charge in [-0.15, -0.1) is 0 Å². The second-order valence-electron chi connectivity index (χ2n) is 3.04. The molecule has 1 atom stereocenters. The Hall–Kier alpha value is -1.03. The Bertz CT molecular complexity index is 302. The van der Waals surface area contributed by atoms with Gasteiger partial charge in [0.05, 0.1) is 17.9 Å². The smallest absolute Gasteiger partial charge is 0.306 e. The van der Waals surface area contributed by atoms with E-state index in [1.165, 1.54) is 0 Å². The largest absolute Gasteiger partial charge is 0.481 e. The number of aliphatic carboxylic acids is 1. The molecule has 0 saturated heterocycles. The molecular weight excluding hydrogens is 192 g/mol. The van der Waals surface area contributed by atoms with Crippen LogP contribution in [0.25, 0.3) is 0 Å². The Morgan fingerprint density at radius 1 is 1.85 bits per heavy atom. The molecule has 1 aromatic heterocycles. The Morgan fingerprint density at radius 2 is 2.46 bits per heavy atom. The summed E-state index contributed by atoms with van der Waals surface area (Å²) in [6, 6.07) is 0. The third-order valence-corrected chi connectivity index (χ3v) is 2.25. The van der Waals surface area contributed by atoms with Crippen molar-refractivity contribution in [2.45, 2.75) is 13.3 Å². The summed E-state index contributed by atoms with van der Waals surface area (Å²) in [6.45, 7) is 1.64. The predicted molar refractivity (Wildman–Crippen MR) is 48.7 cm³/mol. The maximum atomic E-state index is 10.6. The molecule has 1 unspecified atom stereocenters. The number of halogens is 1. The summed E-state index contributed by atoms with van der Waals surface area (Å²) in [6.07, 6.45) is 1.98. The van der Waals surface area contributed by atoms with E-state index < -0.39 is 11.9 Å². The molecule has 4 nitrogen and oxygen atoms in total. The molecule has 0 aliphatic heterocycles. The molecule has 0 fully saturated rings. The van der Waals surface area contributed by atoms with Crippen molar-refractivity contribution >= 4 is 17.6 Å². The molecule has 0 aliphatic carbocycles. The second-order valence-corrected chi connectivity index (χ2v) is 3.39. The minimum atomic E-state index is -0.822. The van der Waals surface area contributed by atoms with Crippen molar-refractivity contribution in [3.05, 3.63) is 17.2 Å². The van der Waals surface area contributed by atoms with Crippen molar-refractivity contribution < 1.29 is 9.90 Å². The van der Waals surface area contributed by atoms with Crippen LogP contribution in [0.3, 0.4) is 0 Å². The SMILES string of the molecule is CC(Cc1c(Cl)ncn1C)C(=O)O. The summed E-state index contributed by atoms with van der Waals surface area (Å²) in [5.41, 5.74) is 0.761. The van der Waals surface area contributed by atoms with Crippen LogP contribution in [0.2, 0.25) is 5.15 Å². The lowest BCUT2D eigenvalue weighted by Gasteiger charge is -2.06. The third kappa shape index (κ3) is 2.21. The molecule has 1 aromatic rings. The first-order chi connectivity index (χ1) is 6.02. The molecule has 0 aromatic carbocycles. The van der Waals surface area contributed by atoms with Crippen molar-refractivity contribution in [3.63, 3.8) is 0 Å². The van der Waals surface area contributed by atoms with Gasteiger partial charge in [-0.25, -0.2) is 4.98 Å². The fourth-order valence-electron chi connectivity index (χ4n) is 1.03. The molecule has 72 valence electrons. The van der Waals surface area contributed by atoms with Gasteiger partial charge in [-0.1, -0.05) is 18.5 Å². The van der Waals surface area contributed by atoms with Crippen LogP contribution in [0.1, 0.15) is 12.6 Å². The average Bonchev–Trinajstić information content (AvgIpc) is 2.35. The highest BCUT2D eigenvalue weighted by Gasteiger charge is 2.16. The minimum Gasteiger partial charge on any atom is -0.481 e. The number of hydrogen-bond acceptors (Lipinski definition) is 2. The molecule has 0 spiro atoms. The van der Waals surface area contributed by atoms with Crippen LogP contribution in [-0.4, -0.2) is 20.6 Å². The van der Waals surface area contributed by atoms with E-state index >= 15 is 0 Å². The van der Waals surface area contributed by atoms with Gasteiger partial charge in [0.25, 0.3) is 0 Å². The normalized spacial score (nSPS) is 12.8. The van der Waals surface area contributed by atoms with Gasteiger partial charge in [-0.05, 0) is 0 Å². The van der Waals surface area contributed by atoms with Gasteiger partial charge < -0.3 is 9.67 Å². The van der Waals surface area contributed by atoms with Crippen molar-refractivity contribution in [2.24, 2.45) is 13.0 Å². The highest BCUT2D eigenvalue weighted by Crippen LogP contribution is 2.16. The molecule has 0 bridgehead atoms. The number of aryl methyl sites for hydroxylation is 1. The molecule has 1 N–H and O–H groups in total. The standard InChI is InChI=1S/C8H11ClN2O2/c1-5(8(12)13)3-6-7(9)10-4-11(6)2/h4-5H,3H2,1-2H3,(H,12,13). The van der Waals surface area contributed by atoms with E-state index in [1.807, 2.05) is 0 Å². The number of rotatable bonds is 3. The molecule has 0 amide bonds. The second kappa shape index (κ2) is 3.79. The fraction of sp³-hybridized carbons (Fsp3) is 0.500. The zero-order valence-electron chi connectivity index (χ0n) is 7.49. The van der Waals surface area contributed by atoms with Gasteiger partial charge in [0.1, 0.15) is 5.15 Å². The van der Waals surface area contributed by atoms with E-state index in [1.54, 1.807) is 24.9 Å². The molecule has 5 heteroatoms. The van der Waals surface area contributed by atoms with E-state index in [4.69, 9.17) is 16.7 Å². The highest BCUT2D eigenvalue weighted by molar-refractivity contribution is 6.30. The topological polar surface area (TPSA) is 55.1 Å². The fourth-order valence-corrected chi connectivity index (χ4v) is 1.29. The molecule has 13 heavy (non-hydrogen) atoms. The molecule has 0 aliphatic rings. The number of carboxylic acid groups (broad SMARTS) is 1. The number of hydrogen-bond donors (Lipinski definition) is 1. The number of carboxylic acids is 1. The first-order valence-electron chi connectivity index (χ1n) is 3.91. The lowest BCUT2D eigenvalue weighted by Crippen LogP contribution is -2.14. The molecule has 0 saturated carbocycles. The number of carbonyl (C=O) groups is 1. The van der Waals surface area contributed by atoms with E-state index in [9.17, 15) is 4.79 Å². The number of aromatic nitrogens is 2. The Morgan fingerprint density at radius 3 is 2.85 bits per heavy atom. The Balaban J connectivity index is 2.79. The summed E-state index contributed by atoms with van der Waals surface area (Å²) in [4.78, 5) is 14.4. The quantitative estimate of drug-likeness (QED) is 0.805. The zero-order chi connectivity index (χ0) is 10.0. The van der Waals surface area contributed by atoms with E-state index in [0.29, 0.717) is 11.6 Å². The number of nitrogens with zero attached hydrogens (tertiary/aromatic N) is 2. The zero-order valence-corrected chi connectivity index (χ0v) is 8.25. The summed E-state index contributed by atoms with van der Waals surface area (Å²) in [7, 11) is 1.79. The lowest BCUT2D eigenvalue weighted by molar-refractivity contribution is -0.141. The summed E-state index contributed by atoms with van der Waals surface area (Å²) < 4.78 is 1.74. The summed E-state index contributed by atoms with van der Waals surface area (Å²) in [5, 5.41) is 9.07. The van der Waals surface area contributed by atoms with Gasteiger partial charge in [0, 0.05) is 13.5 Å². The first kappa shape index (κ1) is 10.1. The van der Waals surface area contributed by atoms with Gasteiger partial charge >= 0.3 is 5.97 Å². The van der Waals surface area contributed by atoms with Crippen LogP contribution in [0, 0.1) is 5.92 Å². The number of imidazole rings is 1. The van der Waals surface area contributed by atoms with Gasteiger partial charge in [0.2, 0.25) is 0 Å². The summed E-state index contributed by atoms with van der Waals surface area (Å²) >= 11 is 5.77. The van der Waals surface area contributed by atoms with Crippen LogP contribution < -0.4 is 0 Å². The van der Waals surface area contributed by atoms with Crippen molar-refractivity contribution in [1.82, 2.24) is 9.55 Å². The Labute approximate surface area is 81.2 Å². The van der Waals surface area contributed by atoms with Crippen molar-refractivity contribution in [3.8, 4) is 0 Å². The first-order valence-corrected chi connectivity index (χ1v) is 4.28. The molecule has 1 rings (SSSR count). The van der Waals surface area contributed by atoms with Crippen molar-refractivity contribution in [1.29, 1.82) is 0 Å². The predicted octanol–water partition coefficient (Wildman–Crippen LogP) is 1.34. The van der Waals surface area contributed by atoms with Gasteiger partial charge in [-0.2, -0.15) is 0 Å². The van der Waals surface area contributed by atoms with E-state index in [-0.39, 0.29) is 0 Å². The van der Waals surface area contributed by atoms with Crippen LogP contribution in [0.15, 0.2) is 6.33 Å².